The van der Waals surface area contributed by atoms with Crippen LogP contribution in [-0.2, 0) is 9.84 Å². The van der Waals surface area contributed by atoms with E-state index < -0.39 is 15.7 Å². The van der Waals surface area contributed by atoms with Crippen molar-refractivity contribution in [3.8, 4) is 0 Å². The van der Waals surface area contributed by atoms with Gasteiger partial charge in [0, 0.05) is 0 Å². The van der Waals surface area contributed by atoms with Gasteiger partial charge >= 0.3 is 0 Å². The van der Waals surface area contributed by atoms with E-state index in [2.05, 4.69) is 5.18 Å². The van der Waals surface area contributed by atoms with E-state index in [0.29, 0.717) is 0 Å². The largest absolute Gasteiger partial charge is 0.227 e. The lowest BCUT2D eigenvalue weighted by Gasteiger charge is -2.16. The molecule has 0 rings (SSSR count). The Labute approximate surface area is 66.9 Å². The van der Waals surface area contributed by atoms with Crippen molar-refractivity contribution in [1.82, 2.24) is 0 Å². The molecule has 5 heteroatoms. The number of rotatable bonds is 3. The van der Waals surface area contributed by atoms with Crippen LogP contribution in [0.5, 0.6) is 0 Å². The molecule has 0 saturated heterocycles. The smallest absolute Gasteiger partial charge is 0.182 e. The van der Waals surface area contributed by atoms with E-state index >= 15 is 0 Å². The molecule has 0 spiro atoms. The highest BCUT2D eigenvalue weighted by Crippen LogP contribution is 2.16. The monoisotopic (exact) mass is 179 g/mol. The maximum absolute atomic E-state index is 11.0. The number of sulfone groups is 1. The van der Waals surface area contributed by atoms with Crippen molar-refractivity contribution in [1.29, 1.82) is 0 Å². The molecule has 0 amide bonds. The van der Waals surface area contributed by atoms with Gasteiger partial charge in [-0.2, -0.15) is 0 Å². The van der Waals surface area contributed by atoms with Crippen molar-refractivity contribution >= 4 is 9.84 Å². The predicted octanol–water partition coefficient (Wildman–Crippen LogP) is 1.17. The second-order valence-electron chi connectivity index (χ2n) is 3.71. The number of nitrogens with zero attached hydrogens (tertiary/aromatic N) is 1. The zero-order valence-corrected chi connectivity index (χ0v) is 7.81. The third-order valence-corrected chi connectivity index (χ3v) is 2.71. The molecule has 0 unspecified atom stereocenters. The molecule has 0 fully saturated rings. The molecule has 0 aromatic carbocycles. The van der Waals surface area contributed by atoms with Crippen molar-refractivity contribution < 1.29 is 8.42 Å². The molecule has 0 aliphatic heterocycles. The Morgan fingerprint density at radius 2 is 1.73 bits per heavy atom. The van der Waals surface area contributed by atoms with Crippen LogP contribution >= 0.6 is 0 Å². The molecule has 66 valence electrons. The van der Waals surface area contributed by atoms with Crippen molar-refractivity contribution in [3.05, 3.63) is 4.91 Å². The normalized spacial score (nSPS) is 13.0. The van der Waals surface area contributed by atoms with E-state index in [-0.39, 0.29) is 11.2 Å². The summed E-state index contributed by atoms with van der Waals surface area (Å²) < 4.78 is 21.9. The lowest BCUT2D eigenvalue weighted by molar-refractivity contribution is 0.462. The fourth-order valence-corrected chi connectivity index (χ4v) is 2.36. The summed E-state index contributed by atoms with van der Waals surface area (Å²) in [6.45, 7) is 5.40. The Morgan fingerprint density at radius 3 is 2.00 bits per heavy atom. The molecule has 0 aliphatic rings. The highest BCUT2D eigenvalue weighted by Gasteiger charge is 2.21. The number of nitroso groups, excluding NO2 is 1. The van der Waals surface area contributed by atoms with Crippen LogP contribution in [-0.4, -0.2) is 20.0 Å². The van der Waals surface area contributed by atoms with Gasteiger partial charge in [-0.15, -0.1) is 4.91 Å². The highest BCUT2D eigenvalue weighted by atomic mass is 32.2. The van der Waals surface area contributed by atoms with Gasteiger partial charge in [-0.1, -0.05) is 25.9 Å². The SMILES string of the molecule is CC(C)(C)CS(=O)(=O)CN=O. The first-order valence-electron chi connectivity index (χ1n) is 3.26. The fraction of sp³-hybridized carbons (Fsp3) is 1.00. The molecular formula is C6H13NO3S. The van der Waals surface area contributed by atoms with Gasteiger partial charge in [-0.05, 0) is 5.41 Å². The molecular weight excluding hydrogens is 166 g/mol. The van der Waals surface area contributed by atoms with Gasteiger partial charge in [0.15, 0.2) is 15.7 Å². The average Bonchev–Trinajstić information content (AvgIpc) is 1.55. The van der Waals surface area contributed by atoms with Crippen molar-refractivity contribution in [2.75, 3.05) is 11.6 Å². The molecule has 0 saturated carbocycles. The zero-order chi connectivity index (χ0) is 9.12. The summed E-state index contributed by atoms with van der Waals surface area (Å²) in [4.78, 5) is 9.68. The third kappa shape index (κ3) is 5.97. The van der Waals surface area contributed by atoms with Crippen LogP contribution in [0.1, 0.15) is 20.8 Å². The van der Waals surface area contributed by atoms with Gasteiger partial charge < -0.3 is 0 Å². The lowest BCUT2D eigenvalue weighted by Crippen LogP contribution is -2.22. The minimum absolute atomic E-state index is 0.00569. The predicted molar refractivity (Wildman–Crippen MR) is 43.9 cm³/mol. The molecule has 0 atom stereocenters. The minimum Gasteiger partial charge on any atom is -0.227 e. The zero-order valence-electron chi connectivity index (χ0n) is 6.99. The fourth-order valence-electron chi connectivity index (χ4n) is 0.786. The summed E-state index contributed by atoms with van der Waals surface area (Å²) in [5.41, 5.74) is -0.302. The molecule has 11 heavy (non-hydrogen) atoms. The van der Waals surface area contributed by atoms with Crippen molar-refractivity contribution in [2.24, 2.45) is 10.6 Å². The first-order valence-corrected chi connectivity index (χ1v) is 5.08. The Balaban J connectivity index is 4.26. The van der Waals surface area contributed by atoms with Crippen molar-refractivity contribution in [3.63, 3.8) is 0 Å². The molecule has 4 nitrogen and oxygen atoms in total. The third-order valence-electron chi connectivity index (χ3n) is 0.902. The summed E-state index contributed by atoms with van der Waals surface area (Å²) in [5.74, 6) is -0.601. The van der Waals surface area contributed by atoms with Crippen LogP contribution in [0.25, 0.3) is 0 Å². The van der Waals surface area contributed by atoms with E-state index in [0.717, 1.165) is 0 Å². The summed E-state index contributed by atoms with van der Waals surface area (Å²) in [7, 11) is -3.27. The van der Waals surface area contributed by atoms with Crippen LogP contribution in [0.4, 0.5) is 0 Å². The van der Waals surface area contributed by atoms with E-state index in [1.54, 1.807) is 20.8 Å². The maximum atomic E-state index is 11.0. The Bertz CT molecular complexity index is 225. The maximum Gasteiger partial charge on any atom is 0.182 e. The summed E-state index contributed by atoms with van der Waals surface area (Å²) >= 11 is 0. The lowest BCUT2D eigenvalue weighted by atomic mass is 10.0. The summed E-state index contributed by atoms with van der Waals surface area (Å²) in [6.07, 6.45) is 0. The van der Waals surface area contributed by atoms with Gasteiger partial charge in [0.05, 0.1) is 5.75 Å². The van der Waals surface area contributed by atoms with Crippen molar-refractivity contribution in [2.45, 2.75) is 20.8 Å². The molecule has 0 aromatic rings. The van der Waals surface area contributed by atoms with E-state index in [1.807, 2.05) is 0 Å². The Kier molecular flexibility index (Phi) is 3.16. The highest BCUT2D eigenvalue weighted by molar-refractivity contribution is 7.91. The Hall–Kier alpha value is -0.450. The van der Waals surface area contributed by atoms with Gasteiger partial charge in [-0.3, -0.25) is 0 Å². The van der Waals surface area contributed by atoms with Gasteiger partial charge in [-0.25, -0.2) is 8.42 Å². The second-order valence-corrected chi connectivity index (χ2v) is 5.74. The summed E-state index contributed by atoms with van der Waals surface area (Å²) in [6, 6.07) is 0. The molecule has 0 aromatic heterocycles. The molecule has 0 radical (unpaired) electrons. The van der Waals surface area contributed by atoms with Crippen LogP contribution in [0.2, 0.25) is 0 Å². The first kappa shape index (κ1) is 10.6. The first-order chi connectivity index (χ1) is 4.77. The molecule has 0 aliphatic carbocycles. The van der Waals surface area contributed by atoms with E-state index in [1.165, 1.54) is 0 Å². The van der Waals surface area contributed by atoms with Gasteiger partial charge in [0.1, 0.15) is 0 Å². The van der Waals surface area contributed by atoms with Crippen LogP contribution in [0, 0.1) is 10.3 Å². The van der Waals surface area contributed by atoms with E-state index in [4.69, 9.17) is 0 Å². The van der Waals surface area contributed by atoms with Gasteiger partial charge in [0.2, 0.25) is 0 Å². The van der Waals surface area contributed by atoms with Crippen LogP contribution in [0.3, 0.4) is 0 Å². The minimum atomic E-state index is -3.27. The molecule has 0 heterocycles. The van der Waals surface area contributed by atoms with Gasteiger partial charge in [0.25, 0.3) is 0 Å². The standard InChI is InChI=1S/C6H13NO3S/c1-6(2,3)4-11(9,10)5-7-8/h4-5H2,1-3H3. The van der Waals surface area contributed by atoms with Crippen LogP contribution < -0.4 is 0 Å². The second kappa shape index (κ2) is 3.30. The van der Waals surface area contributed by atoms with Crippen LogP contribution in [0.15, 0.2) is 5.18 Å². The topological polar surface area (TPSA) is 63.6 Å². The quantitative estimate of drug-likeness (QED) is 0.611. The molecule has 0 N–H and O–H groups in total. The Morgan fingerprint density at radius 1 is 1.27 bits per heavy atom. The number of hydrogen-bond donors (Lipinski definition) is 0. The average molecular weight is 179 g/mol. The number of hydrogen-bond acceptors (Lipinski definition) is 4. The summed E-state index contributed by atoms with van der Waals surface area (Å²) in [5, 5.41) is 2.35. The molecule has 0 bridgehead atoms. The van der Waals surface area contributed by atoms with E-state index in [9.17, 15) is 13.3 Å².